The van der Waals surface area contributed by atoms with Crippen molar-refractivity contribution in [2.45, 2.75) is 58.8 Å². The van der Waals surface area contributed by atoms with Crippen molar-refractivity contribution in [3.05, 3.63) is 65.0 Å². The predicted octanol–water partition coefficient (Wildman–Crippen LogP) is 7.63. The Balaban J connectivity index is 1.52. The fourth-order valence-corrected chi connectivity index (χ4v) is 3.80. The van der Waals surface area contributed by atoms with Crippen LogP contribution in [0.2, 0.25) is 0 Å². The Morgan fingerprint density at radius 2 is 1.81 bits per heavy atom. The second-order valence-electron chi connectivity index (χ2n) is 8.24. The van der Waals surface area contributed by atoms with Crippen molar-refractivity contribution in [3.63, 3.8) is 0 Å². The van der Waals surface area contributed by atoms with E-state index in [-0.39, 0.29) is 23.0 Å². The van der Waals surface area contributed by atoms with Crippen molar-refractivity contribution < 1.29 is 22.6 Å². The third kappa shape index (κ3) is 6.28. The molecule has 1 atom stereocenters. The Bertz CT molecular complexity index is 908. The molecule has 0 fully saturated rings. The van der Waals surface area contributed by atoms with E-state index in [4.69, 9.17) is 9.47 Å². The van der Waals surface area contributed by atoms with E-state index in [2.05, 4.69) is 6.92 Å². The number of ether oxygens (including phenoxy) is 2. The summed E-state index contributed by atoms with van der Waals surface area (Å²) >= 11 is 0. The molecular formula is C26H31F3O2. The maximum absolute atomic E-state index is 14.6. The minimum Gasteiger partial charge on any atom is -0.493 e. The van der Waals surface area contributed by atoms with Crippen LogP contribution in [0.4, 0.5) is 13.2 Å². The summed E-state index contributed by atoms with van der Waals surface area (Å²) in [5.41, 5.74) is 1.82. The molecule has 0 aliphatic heterocycles. The molecule has 0 spiro atoms. The molecule has 0 amide bonds. The summed E-state index contributed by atoms with van der Waals surface area (Å²) in [6, 6.07) is 8.03. The number of unbranched alkanes of at least 4 members (excludes halogenated alkanes) is 3. The van der Waals surface area contributed by atoms with Crippen LogP contribution in [0.3, 0.4) is 0 Å². The van der Waals surface area contributed by atoms with E-state index >= 15 is 0 Å². The topological polar surface area (TPSA) is 18.5 Å². The van der Waals surface area contributed by atoms with Crippen molar-refractivity contribution in [2.75, 3.05) is 13.2 Å². The van der Waals surface area contributed by atoms with Crippen LogP contribution in [-0.2, 0) is 0 Å². The zero-order valence-corrected chi connectivity index (χ0v) is 18.4. The first kappa shape index (κ1) is 23.2. The van der Waals surface area contributed by atoms with Crippen molar-refractivity contribution in [2.24, 2.45) is 5.92 Å². The molecule has 2 aromatic rings. The monoisotopic (exact) mass is 432 g/mol. The molecule has 1 unspecified atom stereocenters. The quantitative estimate of drug-likeness (QED) is 0.359. The number of aryl methyl sites for hydroxylation is 1. The summed E-state index contributed by atoms with van der Waals surface area (Å²) in [5.74, 6) is -1.40. The first-order valence-electron chi connectivity index (χ1n) is 11.2. The highest BCUT2D eigenvalue weighted by atomic mass is 19.2. The molecule has 2 nitrogen and oxygen atoms in total. The second-order valence-corrected chi connectivity index (χ2v) is 8.24. The lowest BCUT2D eigenvalue weighted by molar-refractivity contribution is 0.228. The van der Waals surface area contributed by atoms with Crippen LogP contribution in [0, 0.1) is 30.3 Å². The number of hydrogen-bond acceptors (Lipinski definition) is 2. The van der Waals surface area contributed by atoms with Crippen LogP contribution >= 0.6 is 0 Å². The lowest BCUT2D eigenvalue weighted by atomic mass is 9.87. The van der Waals surface area contributed by atoms with Gasteiger partial charge < -0.3 is 9.47 Å². The minimum absolute atomic E-state index is 0.0609. The van der Waals surface area contributed by atoms with Gasteiger partial charge in [-0.05, 0) is 67.9 Å². The number of allylic oxidation sites excluding steroid dienone is 2. The van der Waals surface area contributed by atoms with Crippen LogP contribution in [0.15, 0.2) is 36.4 Å². The molecule has 0 heterocycles. The molecule has 2 aromatic carbocycles. The van der Waals surface area contributed by atoms with Crippen LogP contribution in [0.1, 0.15) is 63.0 Å². The first-order valence-corrected chi connectivity index (χ1v) is 11.2. The van der Waals surface area contributed by atoms with Gasteiger partial charge in [0.2, 0.25) is 5.82 Å². The van der Waals surface area contributed by atoms with Crippen molar-refractivity contribution in [1.29, 1.82) is 0 Å². The third-order valence-corrected chi connectivity index (χ3v) is 5.79. The van der Waals surface area contributed by atoms with Gasteiger partial charge in [0.15, 0.2) is 11.6 Å². The second kappa shape index (κ2) is 11.3. The van der Waals surface area contributed by atoms with Crippen molar-refractivity contribution in [1.82, 2.24) is 0 Å². The molecule has 0 radical (unpaired) electrons. The highest BCUT2D eigenvalue weighted by Gasteiger charge is 2.20. The third-order valence-electron chi connectivity index (χ3n) is 5.79. The van der Waals surface area contributed by atoms with Crippen LogP contribution in [-0.4, -0.2) is 13.2 Å². The van der Waals surface area contributed by atoms with Gasteiger partial charge in [0, 0.05) is 11.6 Å². The Labute approximate surface area is 183 Å². The number of halogens is 3. The highest BCUT2D eigenvalue weighted by molar-refractivity contribution is 5.67. The lowest BCUT2D eigenvalue weighted by Crippen LogP contribution is -2.15. The van der Waals surface area contributed by atoms with Crippen LogP contribution < -0.4 is 9.47 Å². The van der Waals surface area contributed by atoms with E-state index in [9.17, 15) is 13.2 Å². The predicted molar refractivity (Wildman–Crippen MR) is 118 cm³/mol. The summed E-state index contributed by atoms with van der Waals surface area (Å²) in [4.78, 5) is 0. The van der Waals surface area contributed by atoms with Gasteiger partial charge in [-0.25, -0.2) is 8.78 Å². The van der Waals surface area contributed by atoms with E-state index in [1.54, 1.807) is 6.07 Å². The standard InChI is InChI=1S/C26H31F3O2/c1-3-4-5-6-15-30-21-12-13-22(23(27)16-21)20-10-8-19(9-11-20)17-31-24-14-7-18(2)25(28)26(24)29/h7,10,12-14,16,19H,3-6,8-9,11,15,17H2,1-2H3. The molecule has 0 bridgehead atoms. The van der Waals surface area contributed by atoms with Gasteiger partial charge in [-0.3, -0.25) is 0 Å². The largest absolute Gasteiger partial charge is 0.493 e. The van der Waals surface area contributed by atoms with Crippen molar-refractivity contribution >= 4 is 5.57 Å². The molecule has 0 saturated heterocycles. The molecule has 31 heavy (non-hydrogen) atoms. The number of hydrogen-bond donors (Lipinski definition) is 0. The molecule has 0 saturated carbocycles. The molecule has 0 N–H and O–H groups in total. The lowest BCUT2D eigenvalue weighted by Gasteiger charge is -2.23. The number of rotatable bonds is 10. The molecule has 5 heteroatoms. The number of benzene rings is 2. The van der Waals surface area contributed by atoms with Crippen LogP contribution in [0.5, 0.6) is 11.5 Å². The fourth-order valence-electron chi connectivity index (χ4n) is 3.80. The van der Waals surface area contributed by atoms with Gasteiger partial charge in [0.05, 0.1) is 13.2 Å². The normalized spacial score (nSPS) is 16.2. The summed E-state index contributed by atoms with van der Waals surface area (Å²) < 4.78 is 53.4. The molecule has 0 aromatic heterocycles. The summed E-state index contributed by atoms with van der Waals surface area (Å²) in [6.45, 7) is 4.58. The van der Waals surface area contributed by atoms with E-state index < -0.39 is 11.6 Å². The van der Waals surface area contributed by atoms with E-state index in [1.165, 1.54) is 38.0 Å². The zero-order chi connectivity index (χ0) is 22.2. The summed E-state index contributed by atoms with van der Waals surface area (Å²) in [5, 5.41) is 0. The zero-order valence-electron chi connectivity index (χ0n) is 18.4. The Morgan fingerprint density at radius 3 is 2.52 bits per heavy atom. The van der Waals surface area contributed by atoms with E-state index in [0.29, 0.717) is 37.4 Å². The Kier molecular flexibility index (Phi) is 8.44. The van der Waals surface area contributed by atoms with Gasteiger partial charge >= 0.3 is 0 Å². The summed E-state index contributed by atoms with van der Waals surface area (Å²) in [6.07, 6.45) is 8.71. The van der Waals surface area contributed by atoms with E-state index in [1.807, 2.05) is 12.1 Å². The van der Waals surface area contributed by atoms with Gasteiger partial charge in [0.25, 0.3) is 0 Å². The first-order chi connectivity index (χ1) is 15.0. The molecule has 168 valence electrons. The minimum atomic E-state index is -0.943. The van der Waals surface area contributed by atoms with Gasteiger partial charge in [-0.1, -0.05) is 38.3 Å². The van der Waals surface area contributed by atoms with Crippen molar-refractivity contribution in [3.8, 4) is 11.5 Å². The smallest absolute Gasteiger partial charge is 0.200 e. The Morgan fingerprint density at radius 1 is 0.968 bits per heavy atom. The molecule has 1 aliphatic carbocycles. The SMILES string of the molecule is CCCCCCOc1ccc(C2=CCC(COc3ccc(C)c(F)c3F)CC2)c(F)c1. The maximum Gasteiger partial charge on any atom is 0.200 e. The molecule has 3 rings (SSSR count). The molecular weight excluding hydrogens is 401 g/mol. The van der Waals surface area contributed by atoms with Gasteiger partial charge in [0.1, 0.15) is 11.6 Å². The fraction of sp³-hybridized carbons (Fsp3) is 0.462. The maximum atomic E-state index is 14.6. The molecule has 1 aliphatic rings. The average Bonchev–Trinajstić information content (AvgIpc) is 2.77. The average molecular weight is 433 g/mol. The highest BCUT2D eigenvalue weighted by Crippen LogP contribution is 2.33. The van der Waals surface area contributed by atoms with Crippen LogP contribution in [0.25, 0.3) is 5.57 Å². The summed E-state index contributed by atoms with van der Waals surface area (Å²) in [7, 11) is 0. The van der Waals surface area contributed by atoms with E-state index in [0.717, 1.165) is 24.8 Å². The van der Waals surface area contributed by atoms with Gasteiger partial charge in [-0.2, -0.15) is 4.39 Å². The van der Waals surface area contributed by atoms with Gasteiger partial charge in [-0.15, -0.1) is 0 Å². The Hall–Kier alpha value is -2.43.